The zero-order chi connectivity index (χ0) is 53.7. The molecule has 2 heterocycles. The Kier molecular flexibility index (Phi) is 42.5. The van der Waals surface area contributed by atoms with Crippen molar-refractivity contribution in [1.82, 2.24) is 0 Å². The number of esters is 1. The standard InChI is InChI=1S/C60H104O14/c1-3-5-7-9-11-13-15-17-19-21-23-24-25-26-28-30-32-34-36-38-40-42-44-69-46-49(72-52(62)43-41-39-37-35-33-31-29-27-22-20-18-16-14-12-10-8-6-4-2)47-70-59-58(68)56(66)54(64)51(74-59)48-71-60-57(67)55(65)53(63)50(45-61)73-60/h5,7,11,13-14,16-17,19-20,22-24,49-51,53-61,63-68H,3-4,6,8-10,12,15,18,21,25-48H2,1-2H3/b7-5-,13-11-,16-14-,19-17-,22-20-,24-23-. The number of aliphatic hydroxyl groups is 7. The van der Waals surface area contributed by atoms with Gasteiger partial charge < -0.3 is 64.2 Å². The molecule has 11 unspecified atom stereocenters. The Morgan fingerprint density at radius 2 is 0.878 bits per heavy atom. The number of allylic oxidation sites excluding steroid dienone is 12. The summed E-state index contributed by atoms with van der Waals surface area (Å²) in [4.78, 5) is 13.1. The third kappa shape index (κ3) is 32.9. The van der Waals surface area contributed by atoms with E-state index < -0.39 is 80.7 Å². The van der Waals surface area contributed by atoms with Crippen molar-refractivity contribution >= 4 is 5.97 Å². The summed E-state index contributed by atoms with van der Waals surface area (Å²) in [6, 6.07) is 0. The molecule has 0 aromatic carbocycles. The van der Waals surface area contributed by atoms with Crippen LogP contribution in [-0.2, 0) is 33.2 Å². The van der Waals surface area contributed by atoms with E-state index in [2.05, 4.69) is 86.8 Å². The van der Waals surface area contributed by atoms with Gasteiger partial charge in [-0.05, 0) is 83.5 Å². The summed E-state index contributed by atoms with van der Waals surface area (Å²) < 4.78 is 34.4. The van der Waals surface area contributed by atoms with Crippen LogP contribution >= 0.6 is 0 Å². The molecule has 428 valence electrons. The van der Waals surface area contributed by atoms with Gasteiger partial charge in [0.15, 0.2) is 12.6 Å². The highest BCUT2D eigenvalue weighted by Crippen LogP contribution is 2.26. The molecule has 74 heavy (non-hydrogen) atoms. The number of carbonyl (C=O) groups excluding carboxylic acids is 1. The summed E-state index contributed by atoms with van der Waals surface area (Å²) in [6.07, 6.45) is 42.4. The Morgan fingerprint density at radius 3 is 1.38 bits per heavy atom. The van der Waals surface area contributed by atoms with Crippen molar-refractivity contribution in [1.29, 1.82) is 0 Å². The zero-order valence-corrected chi connectivity index (χ0v) is 45.8. The van der Waals surface area contributed by atoms with Crippen LogP contribution in [0.4, 0.5) is 0 Å². The van der Waals surface area contributed by atoms with Gasteiger partial charge in [0.05, 0.1) is 26.4 Å². The van der Waals surface area contributed by atoms with E-state index in [1.807, 2.05) is 0 Å². The quantitative estimate of drug-likeness (QED) is 0.0172. The summed E-state index contributed by atoms with van der Waals surface area (Å²) in [5, 5.41) is 72.3. The van der Waals surface area contributed by atoms with E-state index in [0.717, 1.165) is 83.5 Å². The third-order valence-corrected chi connectivity index (χ3v) is 13.4. The van der Waals surface area contributed by atoms with E-state index in [1.165, 1.54) is 89.9 Å². The minimum Gasteiger partial charge on any atom is -0.457 e. The largest absolute Gasteiger partial charge is 0.457 e. The van der Waals surface area contributed by atoms with Crippen LogP contribution < -0.4 is 0 Å². The summed E-state index contributed by atoms with van der Waals surface area (Å²) in [7, 11) is 0. The van der Waals surface area contributed by atoms with E-state index in [0.29, 0.717) is 13.0 Å². The van der Waals surface area contributed by atoms with Gasteiger partial charge in [0.25, 0.3) is 0 Å². The van der Waals surface area contributed by atoms with Crippen LogP contribution in [0, 0.1) is 0 Å². The van der Waals surface area contributed by atoms with E-state index >= 15 is 0 Å². The van der Waals surface area contributed by atoms with Crippen LogP contribution in [0.3, 0.4) is 0 Å². The van der Waals surface area contributed by atoms with Gasteiger partial charge in [-0.25, -0.2) is 0 Å². The van der Waals surface area contributed by atoms with Crippen LogP contribution in [0.2, 0.25) is 0 Å². The molecule has 2 fully saturated rings. The van der Waals surface area contributed by atoms with Gasteiger partial charge in [-0.2, -0.15) is 0 Å². The molecule has 14 heteroatoms. The van der Waals surface area contributed by atoms with Gasteiger partial charge >= 0.3 is 5.97 Å². The monoisotopic (exact) mass is 1050 g/mol. The van der Waals surface area contributed by atoms with Crippen LogP contribution in [0.25, 0.3) is 0 Å². The smallest absolute Gasteiger partial charge is 0.306 e. The van der Waals surface area contributed by atoms with E-state index in [-0.39, 0.29) is 25.6 Å². The Hall–Kier alpha value is -2.57. The molecule has 0 saturated carbocycles. The van der Waals surface area contributed by atoms with Gasteiger partial charge in [0.2, 0.25) is 0 Å². The molecule has 0 aliphatic carbocycles. The Bertz CT molecular complexity index is 1500. The van der Waals surface area contributed by atoms with Gasteiger partial charge in [-0.15, -0.1) is 0 Å². The average molecular weight is 1050 g/mol. The average Bonchev–Trinajstić information content (AvgIpc) is 3.40. The highest BCUT2D eigenvalue weighted by molar-refractivity contribution is 5.69. The second kappa shape index (κ2) is 46.5. The number of hydrogen-bond acceptors (Lipinski definition) is 14. The Morgan fingerprint density at radius 1 is 0.459 bits per heavy atom. The van der Waals surface area contributed by atoms with Crippen LogP contribution in [0.1, 0.15) is 200 Å². The molecule has 7 N–H and O–H groups in total. The number of carbonyl (C=O) groups is 1. The van der Waals surface area contributed by atoms with Crippen molar-refractivity contribution in [3.05, 3.63) is 72.9 Å². The molecule has 0 amide bonds. The maximum atomic E-state index is 13.1. The minimum absolute atomic E-state index is 0.0509. The summed E-state index contributed by atoms with van der Waals surface area (Å²) in [5.74, 6) is -0.388. The fourth-order valence-electron chi connectivity index (χ4n) is 8.78. The molecular formula is C60H104O14. The first-order valence-corrected chi connectivity index (χ1v) is 29.0. The maximum Gasteiger partial charge on any atom is 0.306 e. The highest BCUT2D eigenvalue weighted by Gasteiger charge is 2.47. The molecule has 2 saturated heterocycles. The highest BCUT2D eigenvalue weighted by atomic mass is 16.7. The lowest BCUT2D eigenvalue weighted by Gasteiger charge is -2.42. The Labute approximate surface area is 447 Å². The first kappa shape index (κ1) is 67.5. The van der Waals surface area contributed by atoms with Crippen LogP contribution in [0.15, 0.2) is 72.9 Å². The zero-order valence-electron chi connectivity index (χ0n) is 45.8. The first-order chi connectivity index (χ1) is 36.1. The molecule has 0 aromatic rings. The molecule has 0 aromatic heterocycles. The lowest BCUT2D eigenvalue weighted by Crippen LogP contribution is -2.61. The number of aliphatic hydroxyl groups excluding tert-OH is 7. The normalized spacial score (nSPS) is 25.3. The van der Waals surface area contributed by atoms with Crippen molar-refractivity contribution in [2.24, 2.45) is 0 Å². The lowest BCUT2D eigenvalue weighted by molar-refractivity contribution is -0.332. The van der Waals surface area contributed by atoms with Gasteiger partial charge in [0.1, 0.15) is 54.9 Å². The second-order valence-corrected chi connectivity index (χ2v) is 20.1. The van der Waals surface area contributed by atoms with E-state index in [9.17, 15) is 40.5 Å². The first-order valence-electron chi connectivity index (χ1n) is 29.0. The molecule has 0 spiro atoms. The summed E-state index contributed by atoms with van der Waals surface area (Å²) in [5.41, 5.74) is 0. The lowest BCUT2D eigenvalue weighted by atomic mass is 9.98. The molecule has 0 bridgehead atoms. The van der Waals surface area contributed by atoms with Crippen molar-refractivity contribution in [2.75, 3.05) is 33.0 Å². The van der Waals surface area contributed by atoms with Gasteiger partial charge in [-0.3, -0.25) is 4.79 Å². The van der Waals surface area contributed by atoms with Crippen molar-refractivity contribution in [2.45, 2.75) is 268 Å². The number of rotatable bonds is 46. The van der Waals surface area contributed by atoms with Crippen molar-refractivity contribution in [3.63, 3.8) is 0 Å². The predicted molar refractivity (Wildman–Crippen MR) is 293 cm³/mol. The Balaban J connectivity index is 1.72. The number of unbranched alkanes of at least 4 members (excludes halogenated alkanes) is 20. The molecule has 2 aliphatic rings. The second-order valence-electron chi connectivity index (χ2n) is 20.1. The molecule has 2 aliphatic heterocycles. The number of hydrogen-bond donors (Lipinski definition) is 7. The molecular weight excluding hydrogens is 945 g/mol. The van der Waals surface area contributed by atoms with Crippen molar-refractivity contribution in [3.8, 4) is 0 Å². The van der Waals surface area contributed by atoms with Crippen LogP contribution in [-0.4, -0.2) is 142 Å². The van der Waals surface area contributed by atoms with E-state index in [1.54, 1.807) is 0 Å². The fourth-order valence-corrected chi connectivity index (χ4v) is 8.78. The van der Waals surface area contributed by atoms with Crippen molar-refractivity contribution < 1.29 is 69.0 Å². The summed E-state index contributed by atoms with van der Waals surface area (Å²) >= 11 is 0. The fraction of sp³-hybridized carbons (Fsp3) is 0.783. The molecule has 0 radical (unpaired) electrons. The minimum atomic E-state index is -1.71. The molecule has 14 nitrogen and oxygen atoms in total. The van der Waals surface area contributed by atoms with Gasteiger partial charge in [0, 0.05) is 13.0 Å². The number of ether oxygens (including phenoxy) is 6. The third-order valence-electron chi connectivity index (χ3n) is 13.4. The topological polar surface area (TPSA) is 214 Å². The summed E-state index contributed by atoms with van der Waals surface area (Å²) in [6.45, 7) is 3.54. The van der Waals surface area contributed by atoms with Crippen LogP contribution in [0.5, 0.6) is 0 Å². The maximum absolute atomic E-state index is 13.1. The predicted octanol–water partition coefficient (Wildman–Crippen LogP) is 10.2. The SMILES string of the molecule is CC/C=C\C/C=C\C/C=C\C/C=C\CCCCCCCCCCCOCC(COC1OC(COC2OC(CO)C(O)C(O)C2O)C(O)C(O)C1O)OC(=O)CCCCCCCCC/C=C\C/C=C\CCCCCC. The molecule has 2 rings (SSSR count). The van der Waals surface area contributed by atoms with Gasteiger partial charge in [-0.1, -0.05) is 183 Å². The van der Waals surface area contributed by atoms with E-state index in [4.69, 9.17) is 28.4 Å². The molecule has 11 atom stereocenters.